The lowest BCUT2D eigenvalue weighted by molar-refractivity contribution is -0.115. The van der Waals surface area contributed by atoms with Gasteiger partial charge in [0.25, 0.3) is 0 Å². The first-order chi connectivity index (χ1) is 13.3. The molecule has 154 valence electrons. The van der Waals surface area contributed by atoms with Crippen molar-refractivity contribution >= 4 is 21.6 Å². The van der Waals surface area contributed by atoms with Gasteiger partial charge in [0.05, 0.1) is 36.5 Å². The molecular weight excluding hydrogens is 382 g/mol. The third-order valence-electron chi connectivity index (χ3n) is 4.33. The van der Waals surface area contributed by atoms with Crippen LogP contribution in [0.2, 0.25) is 0 Å². The van der Waals surface area contributed by atoms with Crippen LogP contribution in [0, 0.1) is 0 Å². The summed E-state index contributed by atoms with van der Waals surface area (Å²) in [5.74, 6) is 0.776. The molecule has 0 saturated heterocycles. The lowest BCUT2D eigenvalue weighted by atomic mass is 10.2. The van der Waals surface area contributed by atoms with Crippen molar-refractivity contribution in [3.05, 3.63) is 42.4 Å². The van der Waals surface area contributed by atoms with Crippen LogP contribution in [-0.2, 0) is 14.8 Å². The molecule has 2 N–H and O–H groups in total. The summed E-state index contributed by atoms with van der Waals surface area (Å²) >= 11 is 0. The number of ether oxygens (including phenoxy) is 1. The second kappa shape index (κ2) is 9.72. The number of nitrogens with zero attached hydrogens (tertiary/aromatic N) is 1. The zero-order valence-corrected chi connectivity index (χ0v) is 17.4. The Balaban J connectivity index is 2.14. The number of amides is 1. The summed E-state index contributed by atoms with van der Waals surface area (Å²) in [4.78, 5) is 12.4. The van der Waals surface area contributed by atoms with Crippen molar-refractivity contribution in [3.8, 4) is 5.75 Å². The van der Waals surface area contributed by atoms with E-state index in [2.05, 4.69) is 10.6 Å². The number of methoxy groups -OCH3 is 1. The quantitative estimate of drug-likeness (QED) is 0.626. The van der Waals surface area contributed by atoms with Crippen LogP contribution in [0.3, 0.4) is 0 Å². The predicted molar refractivity (Wildman–Crippen MR) is 107 cm³/mol. The normalized spacial score (nSPS) is 12.8. The molecule has 9 heteroatoms. The Kier molecular flexibility index (Phi) is 7.61. The molecule has 1 atom stereocenters. The SMILES string of the molecule is CCN(CC)S(=O)(=O)c1ccc(OC)c(NC(=O)CN[C@@H](C)c2ccco2)c1. The van der Waals surface area contributed by atoms with Crippen molar-refractivity contribution < 1.29 is 22.4 Å². The van der Waals surface area contributed by atoms with Gasteiger partial charge in [0, 0.05) is 13.1 Å². The minimum absolute atomic E-state index is 0.0258. The van der Waals surface area contributed by atoms with Crippen LogP contribution < -0.4 is 15.4 Å². The average Bonchev–Trinajstić information content (AvgIpc) is 3.21. The molecule has 8 nitrogen and oxygen atoms in total. The maximum atomic E-state index is 12.7. The highest BCUT2D eigenvalue weighted by Crippen LogP contribution is 2.29. The Hall–Kier alpha value is -2.36. The Morgan fingerprint density at radius 2 is 1.96 bits per heavy atom. The van der Waals surface area contributed by atoms with Gasteiger partial charge in [-0.15, -0.1) is 0 Å². The molecule has 0 bridgehead atoms. The molecule has 2 aromatic rings. The third-order valence-corrected chi connectivity index (χ3v) is 6.37. The number of carbonyl (C=O) groups is 1. The topological polar surface area (TPSA) is 101 Å². The monoisotopic (exact) mass is 409 g/mol. The third kappa shape index (κ3) is 5.12. The van der Waals surface area contributed by atoms with Gasteiger partial charge in [0.2, 0.25) is 15.9 Å². The molecule has 0 radical (unpaired) electrons. The van der Waals surface area contributed by atoms with Crippen molar-refractivity contribution in [1.82, 2.24) is 9.62 Å². The summed E-state index contributed by atoms with van der Waals surface area (Å²) in [6, 6.07) is 7.88. The number of furan rings is 1. The number of carbonyl (C=O) groups excluding carboxylic acids is 1. The van der Waals surface area contributed by atoms with Crippen molar-refractivity contribution in [3.63, 3.8) is 0 Å². The van der Waals surface area contributed by atoms with Gasteiger partial charge >= 0.3 is 0 Å². The van der Waals surface area contributed by atoms with E-state index in [-0.39, 0.29) is 23.4 Å². The number of hydrogen-bond acceptors (Lipinski definition) is 6. The van der Waals surface area contributed by atoms with Gasteiger partial charge in [-0.05, 0) is 37.3 Å². The number of hydrogen-bond donors (Lipinski definition) is 2. The fourth-order valence-electron chi connectivity index (χ4n) is 2.74. The Bertz CT molecular complexity index is 877. The van der Waals surface area contributed by atoms with Crippen LogP contribution in [0.1, 0.15) is 32.6 Å². The molecule has 1 heterocycles. The molecule has 1 aromatic heterocycles. The van der Waals surface area contributed by atoms with E-state index in [9.17, 15) is 13.2 Å². The Labute approximate surface area is 165 Å². The van der Waals surface area contributed by atoms with Crippen LogP contribution in [0.15, 0.2) is 45.9 Å². The largest absolute Gasteiger partial charge is 0.495 e. The summed E-state index contributed by atoms with van der Waals surface area (Å²) in [5, 5.41) is 5.76. The van der Waals surface area contributed by atoms with Crippen molar-refractivity contribution in [1.29, 1.82) is 0 Å². The molecule has 0 fully saturated rings. The van der Waals surface area contributed by atoms with E-state index in [1.807, 2.05) is 13.0 Å². The van der Waals surface area contributed by atoms with Gasteiger partial charge in [-0.1, -0.05) is 13.8 Å². The zero-order valence-electron chi connectivity index (χ0n) is 16.6. The lowest BCUT2D eigenvalue weighted by Crippen LogP contribution is -2.31. The van der Waals surface area contributed by atoms with Crippen LogP contribution in [0.25, 0.3) is 0 Å². The molecular formula is C19H27N3O5S. The number of rotatable bonds is 10. The number of anilines is 1. The first-order valence-electron chi connectivity index (χ1n) is 9.08. The molecule has 28 heavy (non-hydrogen) atoms. The highest BCUT2D eigenvalue weighted by Gasteiger charge is 2.23. The molecule has 0 spiro atoms. The average molecular weight is 410 g/mol. The molecule has 2 rings (SSSR count). The van der Waals surface area contributed by atoms with Gasteiger partial charge in [0.15, 0.2) is 0 Å². The van der Waals surface area contributed by atoms with Gasteiger partial charge < -0.3 is 14.5 Å². The summed E-state index contributed by atoms with van der Waals surface area (Å²) in [5.41, 5.74) is 0.299. The van der Waals surface area contributed by atoms with E-state index in [0.717, 1.165) is 5.76 Å². The smallest absolute Gasteiger partial charge is 0.243 e. The molecule has 0 aliphatic rings. The first-order valence-corrected chi connectivity index (χ1v) is 10.5. The molecule has 0 aliphatic heterocycles. The van der Waals surface area contributed by atoms with Crippen LogP contribution in [-0.4, -0.2) is 45.4 Å². The van der Waals surface area contributed by atoms with E-state index in [1.165, 1.54) is 29.6 Å². The highest BCUT2D eigenvalue weighted by atomic mass is 32.2. The molecule has 1 amide bonds. The fraction of sp³-hybridized carbons (Fsp3) is 0.421. The maximum absolute atomic E-state index is 12.7. The van der Waals surface area contributed by atoms with Gasteiger partial charge in [-0.3, -0.25) is 10.1 Å². The maximum Gasteiger partial charge on any atom is 0.243 e. The molecule has 0 saturated carbocycles. The van der Waals surface area contributed by atoms with E-state index < -0.39 is 10.0 Å². The highest BCUT2D eigenvalue weighted by molar-refractivity contribution is 7.89. The van der Waals surface area contributed by atoms with E-state index >= 15 is 0 Å². The number of sulfonamides is 1. The van der Waals surface area contributed by atoms with Gasteiger partial charge in [0.1, 0.15) is 11.5 Å². The second-order valence-electron chi connectivity index (χ2n) is 6.12. The van der Waals surface area contributed by atoms with Crippen molar-refractivity contribution in [2.45, 2.75) is 31.7 Å². The van der Waals surface area contributed by atoms with Gasteiger partial charge in [-0.25, -0.2) is 8.42 Å². The van der Waals surface area contributed by atoms with E-state index in [0.29, 0.717) is 24.5 Å². The molecule has 0 aliphatic carbocycles. The number of nitrogens with one attached hydrogen (secondary N) is 2. The van der Waals surface area contributed by atoms with E-state index in [4.69, 9.17) is 9.15 Å². The first kappa shape index (κ1) is 21.9. The van der Waals surface area contributed by atoms with Crippen molar-refractivity contribution in [2.75, 3.05) is 32.1 Å². The predicted octanol–water partition coefficient (Wildman–Crippen LogP) is 2.61. The minimum Gasteiger partial charge on any atom is -0.495 e. The number of benzene rings is 1. The summed E-state index contributed by atoms with van der Waals surface area (Å²) in [6.07, 6.45) is 1.57. The molecule has 1 aromatic carbocycles. The van der Waals surface area contributed by atoms with Crippen LogP contribution >= 0.6 is 0 Å². The van der Waals surface area contributed by atoms with E-state index in [1.54, 1.807) is 26.2 Å². The standard InChI is InChI=1S/C19H27N3O5S/c1-5-22(6-2)28(24,25)15-9-10-18(26-4)16(12-15)21-19(23)13-20-14(3)17-8-7-11-27-17/h7-12,14,20H,5-6,13H2,1-4H3,(H,21,23)/t14-/m0/s1. The second-order valence-corrected chi connectivity index (χ2v) is 8.06. The summed E-state index contributed by atoms with van der Waals surface area (Å²) in [7, 11) is -2.18. The summed E-state index contributed by atoms with van der Waals surface area (Å²) < 4.78 is 37.4. The van der Waals surface area contributed by atoms with Crippen LogP contribution in [0.5, 0.6) is 5.75 Å². The van der Waals surface area contributed by atoms with Crippen LogP contribution in [0.4, 0.5) is 5.69 Å². The lowest BCUT2D eigenvalue weighted by Gasteiger charge is -2.20. The zero-order chi connectivity index (χ0) is 20.7. The summed E-state index contributed by atoms with van der Waals surface area (Å²) in [6.45, 7) is 6.18. The Morgan fingerprint density at radius 1 is 1.25 bits per heavy atom. The fourth-order valence-corrected chi connectivity index (χ4v) is 4.22. The Morgan fingerprint density at radius 3 is 2.54 bits per heavy atom. The van der Waals surface area contributed by atoms with Gasteiger partial charge in [-0.2, -0.15) is 4.31 Å². The minimum atomic E-state index is -3.64. The van der Waals surface area contributed by atoms with Crippen molar-refractivity contribution in [2.24, 2.45) is 0 Å². The molecule has 0 unspecified atom stereocenters.